The summed E-state index contributed by atoms with van der Waals surface area (Å²) < 4.78 is 0. The molecule has 1 N–H and O–H groups in total. The van der Waals surface area contributed by atoms with E-state index in [4.69, 9.17) is 5.11 Å². The summed E-state index contributed by atoms with van der Waals surface area (Å²) in [6.07, 6.45) is 4.75. The predicted octanol–water partition coefficient (Wildman–Crippen LogP) is 2.14. The first kappa shape index (κ1) is 7.51. The molecule has 1 rings (SSSR count). The van der Waals surface area contributed by atoms with Gasteiger partial charge in [0.2, 0.25) is 0 Å². The molecule has 10 heavy (non-hydrogen) atoms. The molecule has 0 amide bonds. The third-order valence-corrected chi connectivity index (χ3v) is 1.96. The van der Waals surface area contributed by atoms with Gasteiger partial charge in [-0.3, -0.25) is 0 Å². The fourth-order valence-electron chi connectivity index (χ4n) is 0.660. The van der Waals surface area contributed by atoms with Gasteiger partial charge in [0.15, 0.2) is 0 Å². The van der Waals surface area contributed by atoms with Crippen LogP contribution in [0.5, 0.6) is 0 Å². The van der Waals surface area contributed by atoms with Crippen LogP contribution in [0.25, 0.3) is 6.08 Å². The third kappa shape index (κ3) is 2.33. The quantitative estimate of drug-likeness (QED) is 0.707. The second kappa shape index (κ2) is 4.25. The van der Waals surface area contributed by atoms with Crippen LogP contribution in [-0.2, 0) is 0 Å². The van der Waals surface area contributed by atoms with Crippen LogP contribution in [0.3, 0.4) is 0 Å². The first-order chi connectivity index (χ1) is 4.93. The highest BCUT2D eigenvalue weighted by molar-refractivity contribution is 7.10. The molecule has 0 saturated heterocycles. The first-order valence-corrected chi connectivity index (χ1v) is 4.12. The van der Waals surface area contributed by atoms with Crippen molar-refractivity contribution in [2.45, 2.75) is 6.42 Å². The Labute approximate surface area is 64.6 Å². The summed E-state index contributed by atoms with van der Waals surface area (Å²) in [6, 6.07) is 4.07. The standard InChI is InChI=1S/C8H10OS/c9-6-2-1-4-8-5-3-7-10-8/h1,3-5,7,9H,2,6H2/b4-1-. The maximum atomic E-state index is 8.45. The van der Waals surface area contributed by atoms with Crippen LogP contribution in [0.1, 0.15) is 11.3 Å². The van der Waals surface area contributed by atoms with E-state index in [0.29, 0.717) is 0 Å². The Morgan fingerprint density at radius 1 is 1.60 bits per heavy atom. The van der Waals surface area contributed by atoms with Crippen LogP contribution in [0.15, 0.2) is 23.6 Å². The number of thiophene rings is 1. The molecule has 0 aliphatic carbocycles. The normalized spacial score (nSPS) is 10.9. The highest BCUT2D eigenvalue weighted by Crippen LogP contribution is 2.10. The van der Waals surface area contributed by atoms with Crippen LogP contribution < -0.4 is 0 Å². The first-order valence-electron chi connectivity index (χ1n) is 3.24. The number of aliphatic hydroxyl groups is 1. The van der Waals surface area contributed by atoms with Gasteiger partial charge in [-0.15, -0.1) is 11.3 Å². The van der Waals surface area contributed by atoms with E-state index in [2.05, 4.69) is 6.07 Å². The van der Waals surface area contributed by atoms with E-state index in [-0.39, 0.29) is 6.61 Å². The zero-order valence-electron chi connectivity index (χ0n) is 5.66. The second-order valence-electron chi connectivity index (χ2n) is 1.93. The fourth-order valence-corrected chi connectivity index (χ4v) is 1.31. The summed E-state index contributed by atoms with van der Waals surface area (Å²) in [7, 11) is 0. The number of rotatable bonds is 3. The Kier molecular flexibility index (Phi) is 3.19. The minimum absolute atomic E-state index is 0.238. The number of hydrogen-bond donors (Lipinski definition) is 1. The molecule has 0 aromatic carbocycles. The Bertz CT molecular complexity index is 189. The Morgan fingerprint density at radius 3 is 3.10 bits per heavy atom. The van der Waals surface area contributed by atoms with Crippen LogP contribution in [0.2, 0.25) is 0 Å². The zero-order valence-corrected chi connectivity index (χ0v) is 6.47. The average Bonchev–Trinajstić information content (AvgIpc) is 2.41. The van der Waals surface area contributed by atoms with Crippen LogP contribution in [0.4, 0.5) is 0 Å². The monoisotopic (exact) mass is 154 g/mol. The maximum Gasteiger partial charge on any atom is 0.0465 e. The Hall–Kier alpha value is -0.600. The molecule has 2 heteroatoms. The lowest BCUT2D eigenvalue weighted by Crippen LogP contribution is -1.73. The van der Waals surface area contributed by atoms with Gasteiger partial charge >= 0.3 is 0 Å². The lowest BCUT2D eigenvalue weighted by atomic mass is 10.3. The molecule has 0 saturated carbocycles. The van der Waals surface area contributed by atoms with Crippen LogP contribution >= 0.6 is 11.3 Å². The Morgan fingerprint density at radius 2 is 2.50 bits per heavy atom. The molecule has 1 aromatic rings. The average molecular weight is 154 g/mol. The van der Waals surface area contributed by atoms with Gasteiger partial charge in [-0.1, -0.05) is 12.1 Å². The van der Waals surface area contributed by atoms with Crippen LogP contribution in [0, 0.1) is 0 Å². The van der Waals surface area contributed by atoms with Gasteiger partial charge in [-0.2, -0.15) is 0 Å². The summed E-state index contributed by atoms with van der Waals surface area (Å²) in [6.45, 7) is 0.238. The van der Waals surface area contributed by atoms with E-state index >= 15 is 0 Å². The van der Waals surface area contributed by atoms with Crippen molar-refractivity contribution in [2.24, 2.45) is 0 Å². The third-order valence-electron chi connectivity index (χ3n) is 1.12. The number of hydrogen-bond acceptors (Lipinski definition) is 2. The van der Waals surface area contributed by atoms with Crippen molar-refractivity contribution in [2.75, 3.05) is 6.61 Å². The van der Waals surface area contributed by atoms with Crippen molar-refractivity contribution >= 4 is 17.4 Å². The second-order valence-corrected chi connectivity index (χ2v) is 2.91. The minimum Gasteiger partial charge on any atom is -0.396 e. The lowest BCUT2D eigenvalue weighted by Gasteiger charge is -1.82. The summed E-state index contributed by atoms with van der Waals surface area (Å²) in [5, 5.41) is 10.5. The molecule has 0 radical (unpaired) electrons. The molecular formula is C8H10OS. The smallest absolute Gasteiger partial charge is 0.0465 e. The maximum absolute atomic E-state index is 8.45. The summed E-state index contributed by atoms with van der Waals surface area (Å²) in [5.41, 5.74) is 0. The molecule has 0 aliphatic rings. The molecule has 0 bridgehead atoms. The van der Waals surface area contributed by atoms with Crippen molar-refractivity contribution < 1.29 is 5.11 Å². The van der Waals surface area contributed by atoms with E-state index in [9.17, 15) is 0 Å². The van der Waals surface area contributed by atoms with Gasteiger partial charge in [-0.25, -0.2) is 0 Å². The van der Waals surface area contributed by atoms with E-state index in [1.54, 1.807) is 11.3 Å². The Balaban J connectivity index is 2.40. The van der Waals surface area contributed by atoms with Gasteiger partial charge in [0.1, 0.15) is 0 Å². The van der Waals surface area contributed by atoms with E-state index < -0.39 is 0 Å². The molecule has 1 aromatic heterocycles. The van der Waals surface area contributed by atoms with E-state index in [0.717, 1.165) is 6.42 Å². The SMILES string of the molecule is OCC/C=C\c1cccs1. The van der Waals surface area contributed by atoms with E-state index in [1.165, 1.54) is 4.88 Å². The molecule has 0 aliphatic heterocycles. The molecule has 0 unspecified atom stereocenters. The van der Waals surface area contributed by atoms with Crippen molar-refractivity contribution in [3.05, 3.63) is 28.5 Å². The van der Waals surface area contributed by atoms with Gasteiger partial charge in [0.25, 0.3) is 0 Å². The van der Waals surface area contributed by atoms with Crippen LogP contribution in [-0.4, -0.2) is 11.7 Å². The van der Waals surface area contributed by atoms with Crippen molar-refractivity contribution in [1.82, 2.24) is 0 Å². The zero-order chi connectivity index (χ0) is 7.23. The molecular weight excluding hydrogens is 144 g/mol. The van der Waals surface area contributed by atoms with Gasteiger partial charge in [-0.05, 0) is 23.9 Å². The predicted molar refractivity (Wildman–Crippen MR) is 45.1 cm³/mol. The fraction of sp³-hybridized carbons (Fsp3) is 0.250. The number of aliphatic hydroxyl groups excluding tert-OH is 1. The highest BCUT2D eigenvalue weighted by Gasteiger charge is 1.82. The van der Waals surface area contributed by atoms with Crippen molar-refractivity contribution in [3.8, 4) is 0 Å². The summed E-state index contributed by atoms with van der Waals surface area (Å²) in [5.74, 6) is 0. The molecule has 0 atom stereocenters. The van der Waals surface area contributed by atoms with Crippen molar-refractivity contribution in [1.29, 1.82) is 0 Å². The molecule has 0 fully saturated rings. The van der Waals surface area contributed by atoms with Gasteiger partial charge in [0.05, 0.1) is 0 Å². The summed E-state index contributed by atoms with van der Waals surface area (Å²) in [4.78, 5) is 1.24. The van der Waals surface area contributed by atoms with E-state index in [1.807, 2.05) is 23.6 Å². The molecule has 1 nitrogen and oxygen atoms in total. The highest BCUT2D eigenvalue weighted by atomic mass is 32.1. The van der Waals surface area contributed by atoms with Gasteiger partial charge in [0, 0.05) is 11.5 Å². The minimum atomic E-state index is 0.238. The topological polar surface area (TPSA) is 20.2 Å². The van der Waals surface area contributed by atoms with Gasteiger partial charge < -0.3 is 5.11 Å². The molecule has 1 heterocycles. The van der Waals surface area contributed by atoms with Crippen molar-refractivity contribution in [3.63, 3.8) is 0 Å². The summed E-state index contributed by atoms with van der Waals surface area (Å²) >= 11 is 1.70. The molecule has 0 spiro atoms. The molecule has 54 valence electrons. The largest absolute Gasteiger partial charge is 0.396 e. The lowest BCUT2D eigenvalue weighted by molar-refractivity contribution is 0.303.